The van der Waals surface area contributed by atoms with Gasteiger partial charge in [0.05, 0.1) is 22.9 Å². The number of hydrogen-bond acceptors (Lipinski definition) is 7. The maximum Gasteiger partial charge on any atom is 0.344 e. The Morgan fingerprint density at radius 3 is 2.87 bits per heavy atom. The Bertz CT molecular complexity index is 1160. The van der Waals surface area contributed by atoms with Crippen molar-refractivity contribution in [2.24, 2.45) is 10.1 Å². The van der Waals surface area contributed by atoms with Crippen LogP contribution in [0.4, 0.5) is 5.69 Å². The fraction of sp³-hybridized carbons (Fsp3) is 0.300. The summed E-state index contributed by atoms with van der Waals surface area (Å²) in [6.07, 6.45) is 2.40. The molecule has 0 aromatic heterocycles. The van der Waals surface area contributed by atoms with Crippen LogP contribution in [0.15, 0.2) is 40.8 Å². The number of anilines is 1. The molecule has 1 atom stereocenters. The van der Waals surface area contributed by atoms with Gasteiger partial charge in [-0.15, -0.1) is 4.40 Å². The number of ether oxygens (including phenoxy) is 1. The molecule has 0 saturated carbocycles. The molecule has 1 fully saturated rings. The number of nitrogens with two attached hydrogens (primary N) is 1. The standard InChI is InChI=1S/C20H22N4O6S/c21-19-18-15(22-31(28,29)23-19)5-3-6-17(18)30-11-12-4-1-2-9-24(12)20(27)14-10-13(25)7-8-16(14)26/h3,5-8,10,12,22,25-26H,1-2,4,9,11H2,(H2,21,23)/t12-/m1/s1. The fourth-order valence-electron chi connectivity index (χ4n) is 3.81. The first-order valence-electron chi connectivity index (χ1n) is 9.72. The highest BCUT2D eigenvalue weighted by atomic mass is 32.2. The van der Waals surface area contributed by atoms with Gasteiger partial charge in [0.15, 0.2) is 5.84 Å². The number of likely N-dealkylation sites (tertiary alicyclic amines) is 1. The zero-order chi connectivity index (χ0) is 22.2. The lowest BCUT2D eigenvalue weighted by Gasteiger charge is -2.36. The molecule has 0 unspecified atom stereocenters. The molecule has 2 aromatic carbocycles. The number of phenols is 2. The number of aromatic hydroxyl groups is 2. The molecular weight excluding hydrogens is 424 g/mol. The minimum Gasteiger partial charge on any atom is -0.508 e. The molecule has 31 heavy (non-hydrogen) atoms. The van der Waals surface area contributed by atoms with Gasteiger partial charge in [0.1, 0.15) is 23.9 Å². The van der Waals surface area contributed by atoms with Crippen molar-refractivity contribution in [1.82, 2.24) is 4.90 Å². The van der Waals surface area contributed by atoms with Crippen LogP contribution in [-0.2, 0) is 10.2 Å². The van der Waals surface area contributed by atoms with Crippen molar-refractivity contribution in [3.05, 3.63) is 47.5 Å². The zero-order valence-electron chi connectivity index (χ0n) is 16.5. The van der Waals surface area contributed by atoms with Crippen molar-refractivity contribution in [2.75, 3.05) is 17.9 Å². The molecule has 5 N–H and O–H groups in total. The van der Waals surface area contributed by atoms with Gasteiger partial charge < -0.3 is 25.6 Å². The molecule has 10 nitrogen and oxygen atoms in total. The number of hydrogen-bond donors (Lipinski definition) is 4. The van der Waals surface area contributed by atoms with Crippen molar-refractivity contribution in [2.45, 2.75) is 25.3 Å². The third kappa shape index (κ3) is 4.22. The molecule has 2 heterocycles. The van der Waals surface area contributed by atoms with Crippen LogP contribution in [0, 0.1) is 0 Å². The van der Waals surface area contributed by atoms with Crippen molar-refractivity contribution in [1.29, 1.82) is 0 Å². The third-order valence-electron chi connectivity index (χ3n) is 5.27. The monoisotopic (exact) mass is 446 g/mol. The van der Waals surface area contributed by atoms with Gasteiger partial charge in [0, 0.05) is 6.54 Å². The van der Waals surface area contributed by atoms with Crippen molar-refractivity contribution in [3.8, 4) is 17.2 Å². The van der Waals surface area contributed by atoms with E-state index in [1.54, 1.807) is 23.1 Å². The van der Waals surface area contributed by atoms with E-state index in [0.29, 0.717) is 24.3 Å². The summed E-state index contributed by atoms with van der Waals surface area (Å²) in [6, 6.07) is 8.38. The normalized spacial score (nSPS) is 19.7. The van der Waals surface area contributed by atoms with Gasteiger partial charge in [0.25, 0.3) is 5.91 Å². The van der Waals surface area contributed by atoms with E-state index in [0.717, 1.165) is 12.8 Å². The topological polar surface area (TPSA) is 155 Å². The second-order valence-electron chi connectivity index (χ2n) is 7.39. The minimum absolute atomic E-state index is 0.0229. The molecule has 1 amide bonds. The number of carbonyl (C=O) groups is 1. The third-order valence-corrected chi connectivity index (χ3v) is 6.18. The molecule has 164 valence electrons. The minimum atomic E-state index is -3.90. The van der Waals surface area contributed by atoms with E-state index in [2.05, 4.69) is 9.12 Å². The predicted octanol–water partition coefficient (Wildman–Crippen LogP) is 1.55. The molecule has 4 rings (SSSR count). The van der Waals surface area contributed by atoms with E-state index in [4.69, 9.17) is 10.5 Å². The number of phenolic OH excluding ortho intramolecular Hbond substituents is 2. The summed E-state index contributed by atoms with van der Waals surface area (Å²) in [5, 5.41) is 19.8. The van der Waals surface area contributed by atoms with Gasteiger partial charge in [-0.25, -0.2) is 0 Å². The van der Waals surface area contributed by atoms with E-state index in [-0.39, 0.29) is 41.2 Å². The number of amides is 1. The van der Waals surface area contributed by atoms with E-state index in [9.17, 15) is 23.4 Å². The van der Waals surface area contributed by atoms with Crippen LogP contribution < -0.4 is 15.2 Å². The van der Waals surface area contributed by atoms with Crippen LogP contribution in [0.2, 0.25) is 0 Å². The average molecular weight is 446 g/mol. The lowest BCUT2D eigenvalue weighted by Crippen LogP contribution is -2.46. The van der Waals surface area contributed by atoms with Gasteiger partial charge >= 0.3 is 10.2 Å². The largest absolute Gasteiger partial charge is 0.508 e. The second-order valence-corrected chi connectivity index (χ2v) is 8.73. The average Bonchev–Trinajstić information content (AvgIpc) is 2.72. The molecule has 0 spiro atoms. The number of piperidine rings is 1. The Morgan fingerprint density at radius 2 is 2.06 bits per heavy atom. The number of rotatable bonds is 4. The van der Waals surface area contributed by atoms with Crippen LogP contribution in [-0.4, -0.2) is 54.5 Å². The molecule has 0 bridgehead atoms. The van der Waals surface area contributed by atoms with Crippen molar-refractivity contribution >= 4 is 27.6 Å². The summed E-state index contributed by atoms with van der Waals surface area (Å²) < 4.78 is 35.2. The Hall–Kier alpha value is -3.47. The lowest BCUT2D eigenvalue weighted by molar-refractivity contribution is 0.0525. The summed E-state index contributed by atoms with van der Waals surface area (Å²) >= 11 is 0. The number of benzene rings is 2. The number of nitrogens with zero attached hydrogens (tertiary/aromatic N) is 2. The molecule has 1 saturated heterocycles. The Labute approximate surface area is 179 Å². The summed E-state index contributed by atoms with van der Waals surface area (Å²) in [5.41, 5.74) is 6.49. The summed E-state index contributed by atoms with van der Waals surface area (Å²) in [7, 11) is -3.90. The van der Waals surface area contributed by atoms with Gasteiger partial charge in [-0.2, -0.15) is 8.42 Å². The number of nitrogens with one attached hydrogen (secondary N) is 1. The first kappa shape index (κ1) is 20.8. The summed E-state index contributed by atoms with van der Waals surface area (Å²) in [5.74, 6) is -0.545. The van der Waals surface area contributed by atoms with Gasteiger partial charge in [-0.1, -0.05) is 6.07 Å². The number of amidine groups is 1. The number of fused-ring (bicyclic) bond motifs is 1. The molecule has 2 aliphatic heterocycles. The quantitative estimate of drug-likeness (QED) is 0.519. The summed E-state index contributed by atoms with van der Waals surface area (Å²) in [6.45, 7) is 0.625. The Balaban J connectivity index is 1.56. The second kappa shape index (κ2) is 7.99. The molecular formula is C20H22N4O6S. The fourth-order valence-corrected chi connectivity index (χ4v) is 4.66. The van der Waals surface area contributed by atoms with E-state index in [1.807, 2.05) is 0 Å². The molecule has 0 radical (unpaired) electrons. The highest BCUT2D eigenvalue weighted by Gasteiger charge is 2.31. The Morgan fingerprint density at radius 1 is 1.26 bits per heavy atom. The van der Waals surface area contributed by atoms with Gasteiger partial charge in [-0.3, -0.25) is 9.52 Å². The van der Waals surface area contributed by atoms with Crippen molar-refractivity contribution < 1.29 is 28.2 Å². The van der Waals surface area contributed by atoms with Crippen molar-refractivity contribution in [3.63, 3.8) is 0 Å². The Kier molecular flexibility index (Phi) is 5.36. The highest BCUT2D eigenvalue weighted by molar-refractivity contribution is 7.91. The first-order chi connectivity index (χ1) is 14.7. The van der Waals surface area contributed by atoms with Crippen LogP contribution >= 0.6 is 0 Å². The molecule has 2 aromatic rings. The smallest absolute Gasteiger partial charge is 0.344 e. The number of carbonyl (C=O) groups excluding carboxylic acids is 1. The maximum absolute atomic E-state index is 13.0. The van der Waals surface area contributed by atoms with E-state index >= 15 is 0 Å². The molecule has 0 aliphatic carbocycles. The first-order valence-corrected chi connectivity index (χ1v) is 11.2. The van der Waals surface area contributed by atoms with E-state index < -0.39 is 16.1 Å². The molecule has 2 aliphatic rings. The maximum atomic E-state index is 13.0. The van der Waals surface area contributed by atoms with Crippen LogP contribution in [0.1, 0.15) is 35.2 Å². The van der Waals surface area contributed by atoms with Gasteiger partial charge in [-0.05, 0) is 49.6 Å². The highest BCUT2D eigenvalue weighted by Crippen LogP contribution is 2.32. The molecule has 11 heteroatoms. The predicted molar refractivity (Wildman–Crippen MR) is 114 cm³/mol. The zero-order valence-corrected chi connectivity index (χ0v) is 17.3. The van der Waals surface area contributed by atoms with Crippen LogP contribution in [0.25, 0.3) is 0 Å². The van der Waals surface area contributed by atoms with Gasteiger partial charge in [0.2, 0.25) is 0 Å². The van der Waals surface area contributed by atoms with Crippen LogP contribution in [0.5, 0.6) is 17.2 Å². The SMILES string of the molecule is NC1=NS(=O)(=O)Nc2cccc(OC[C@H]3CCCCN3C(=O)c3cc(O)ccc3O)c21. The van der Waals surface area contributed by atoms with Crippen LogP contribution in [0.3, 0.4) is 0 Å². The lowest BCUT2D eigenvalue weighted by atomic mass is 10.0. The summed E-state index contributed by atoms with van der Waals surface area (Å²) in [4.78, 5) is 14.7. The van der Waals surface area contributed by atoms with E-state index in [1.165, 1.54) is 18.2 Å².